The molecule has 1 aliphatic rings. The first-order valence-corrected chi connectivity index (χ1v) is 7.99. The van der Waals surface area contributed by atoms with Crippen molar-refractivity contribution >= 4 is 28.5 Å². The summed E-state index contributed by atoms with van der Waals surface area (Å²) in [5, 5.41) is 1.26. The Morgan fingerprint density at radius 3 is 1.88 bits per heavy atom. The first-order valence-electron chi connectivity index (χ1n) is 7.99. The van der Waals surface area contributed by atoms with Crippen molar-refractivity contribution in [2.45, 2.75) is 0 Å². The van der Waals surface area contributed by atoms with Gasteiger partial charge in [-0.05, 0) is 16.3 Å². The maximum Gasteiger partial charge on any atom is 0.339 e. The third kappa shape index (κ3) is 2.00. The van der Waals surface area contributed by atoms with E-state index in [1.165, 1.54) is 14.2 Å². The fourth-order valence-electron chi connectivity index (χ4n) is 3.60. The smallest absolute Gasteiger partial charge is 0.339 e. The molecule has 0 atom stereocenters. The van der Waals surface area contributed by atoms with Crippen LogP contribution in [0.4, 0.5) is 0 Å². The van der Waals surface area contributed by atoms with Gasteiger partial charge in [0.1, 0.15) is 0 Å². The van der Waals surface area contributed by atoms with Crippen LogP contribution in [0.15, 0.2) is 48.5 Å². The van der Waals surface area contributed by atoms with Gasteiger partial charge in [-0.1, -0.05) is 48.5 Å². The summed E-state index contributed by atoms with van der Waals surface area (Å²) in [6, 6.07) is 14.3. The van der Waals surface area contributed by atoms with E-state index in [9.17, 15) is 14.4 Å². The molecule has 0 amide bonds. The average Bonchev–Trinajstić information content (AvgIpc) is 2.99. The Morgan fingerprint density at radius 2 is 1.23 bits per heavy atom. The van der Waals surface area contributed by atoms with Crippen LogP contribution in [0.3, 0.4) is 0 Å². The quantitative estimate of drug-likeness (QED) is 0.519. The van der Waals surface area contributed by atoms with Crippen LogP contribution >= 0.6 is 0 Å². The van der Waals surface area contributed by atoms with Crippen molar-refractivity contribution in [3.8, 4) is 11.1 Å². The van der Waals surface area contributed by atoms with Crippen LogP contribution in [0.1, 0.15) is 36.6 Å². The summed E-state index contributed by atoms with van der Waals surface area (Å²) in [5.41, 5.74) is 2.08. The molecule has 0 radical (unpaired) electrons. The van der Waals surface area contributed by atoms with E-state index in [0.717, 1.165) is 5.56 Å². The van der Waals surface area contributed by atoms with Gasteiger partial charge in [-0.25, -0.2) is 9.59 Å². The molecule has 26 heavy (non-hydrogen) atoms. The fourth-order valence-corrected chi connectivity index (χ4v) is 3.60. The molecule has 1 aliphatic carbocycles. The molecule has 0 saturated carbocycles. The summed E-state index contributed by atoms with van der Waals surface area (Å²) < 4.78 is 9.79. The Kier molecular flexibility index (Phi) is 3.58. The molecule has 5 heteroatoms. The third-order valence-electron chi connectivity index (χ3n) is 4.66. The molecule has 5 nitrogen and oxygen atoms in total. The standard InChI is InChI=1S/C21H14O5/c1-25-20(23)16-12-8-4-3-7-11(12)15-13-9-5-6-10-14(13)19(22)17(15)18(16)21(24)26-2/h3-10H,1-2H3. The van der Waals surface area contributed by atoms with Gasteiger partial charge in [0.2, 0.25) is 0 Å². The van der Waals surface area contributed by atoms with Crippen LogP contribution in [-0.2, 0) is 9.47 Å². The van der Waals surface area contributed by atoms with Crippen LogP contribution in [0.5, 0.6) is 0 Å². The number of ether oxygens (including phenoxy) is 2. The molecule has 0 bridgehead atoms. The van der Waals surface area contributed by atoms with E-state index < -0.39 is 11.9 Å². The van der Waals surface area contributed by atoms with E-state index in [0.29, 0.717) is 21.9 Å². The van der Waals surface area contributed by atoms with Crippen LogP contribution in [0.2, 0.25) is 0 Å². The summed E-state index contributed by atoms with van der Waals surface area (Å²) in [5.74, 6) is -1.73. The number of ketones is 1. The third-order valence-corrected chi connectivity index (χ3v) is 4.66. The van der Waals surface area contributed by atoms with Crippen LogP contribution in [-0.4, -0.2) is 31.9 Å². The van der Waals surface area contributed by atoms with E-state index in [4.69, 9.17) is 9.47 Å². The zero-order chi connectivity index (χ0) is 18.4. The molecule has 0 spiro atoms. The molecular weight excluding hydrogens is 332 g/mol. The van der Waals surface area contributed by atoms with Crippen molar-refractivity contribution < 1.29 is 23.9 Å². The maximum absolute atomic E-state index is 13.1. The largest absolute Gasteiger partial charge is 0.465 e. The highest BCUT2D eigenvalue weighted by Crippen LogP contribution is 2.45. The highest BCUT2D eigenvalue weighted by molar-refractivity contribution is 6.32. The normalized spacial score (nSPS) is 11.8. The fraction of sp³-hybridized carbons (Fsp3) is 0.0952. The van der Waals surface area contributed by atoms with E-state index in [1.54, 1.807) is 24.3 Å². The number of fused-ring (bicyclic) bond motifs is 5. The first kappa shape index (κ1) is 16.0. The lowest BCUT2D eigenvalue weighted by Crippen LogP contribution is -2.17. The number of methoxy groups -OCH3 is 2. The molecule has 0 fully saturated rings. The summed E-state index contributed by atoms with van der Waals surface area (Å²) >= 11 is 0. The minimum absolute atomic E-state index is 0.0470. The number of rotatable bonds is 2. The molecule has 0 N–H and O–H groups in total. The van der Waals surface area contributed by atoms with Crippen molar-refractivity contribution in [3.05, 3.63) is 70.8 Å². The Labute approximate surface area is 149 Å². The monoisotopic (exact) mass is 346 g/mol. The SMILES string of the molecule is COC(=O)c1c2c(c3ccccc3c1C(=O)OC)-c1ccccc1C2=O. The van der Waals surface area contributed by atoms with Gasteiger partial charge in [-0.2, -0.15) is 0 Å². The summed E-state index contributed by atoms with van der Waals surface area (Å²) in [7, 11) is 2.46. The summed E-state index contributed by atoms with van der Waals surface area (Å²) in [6.07, 6.45) is 0. The second-order valence-electron chi connectivity index (χ2n) is 5.90. The second-order valence-corrected chi connectivity index (χ2v) is 5.90. The molecule has 0 aromatic heterocycles. The van der Waals surface area contributed by atoms with Crippen molar-refractivity contribution in [3.63, 3.8) is 0 Å². The van der Waals surface area contributed by atoms with E-state index in [-0.39, 0.29) is 22.5 Å². The van der Waals surface area contributed by atoms with Gasteiger partial charge >= 0.3 is 11.9 Å². The number of carbonyl (C=O) groups is 3. The predicted molar refractivity (Wildman–Crippen MR) is 95.5 cm³/mol. The summed E-state index contributed by atoms with van der Waals surface area (Å²) in [6.45, 7) is 0. The zero-order valence-electron chi connectivity index (χ0n) is 14.2. The minimum atomic E-state index is -0.742. The maximum atomic E-state index is 13.1. The molecule has 0 unspecified atom stereocenters. The highest BCUT2D eigenvalue weighted by Gasteiger charge is 2.37. The predicted octanol–water partition coefficient (Wildman–Crippen LogP) is 3.62. The number of hydrogen-bond acceptors (Lipinski definition) is 5. The Bertz CT molecular complexity index is 1110. The second kappa shape index (κ2) is 5.81. The Balaban J connectivity index is 2.27. The zero-order valence-corrected chi connectivity index (χ0v) is 14.2. The molecule has 3 aromatic rings. The number of benzene rings is 3. The van der Waals surface area contributed by atoms with Crippen molar-refractivity contribution in [2.24, 2.45) is 0 Å². The van der Waals surface area contributed by atoms with Gasteiger partial charge in [-0.15, -0.1) is 0 Å². The lowest BCUT2D eigenvalue weighted by molar-refractivity contribution is 0.0555. The van der Waals surface area contributed by atoms with Crippen molar-refractivity contribution in [1.29, 1.82) is 0 Å². The van der Waals surface area contributed by atoms with E-state index in [2.05, 4.69) is 0 Å². The highest BCUT2D eigenvalue weighted by atomic mass is 16.5. The lowest BCUT2D eigenvalue weighted by atomic mass is 9.88. The van der Waals surface area contributed by atoms with E-state index >= 15 is 0 Å². The molecule has 0 aliphatic heterocycles. The van der Waals surface area contributed by atoms with Gasteiger partial charge in [-0.3, -0.25) is 4.79 Å². The van der Waals surface area contributed by atoms with Crippen molar-refractivity contribution in [1.82, 2.24) is 0 Å². The van der Waals surface area contributed by atoms with Crippen molar-refractivity contribution in [2.75, 3.05) is 14.2 Å². The number of hydrogen-bond donors (Lipinski definition) is 0. The van der Waals surface area contributed by atoms with Crippen LogP contribution < -0.4 is 0 Å². The van der Waals surface area contributed by atoms with Gasteiger partial charge in [0.15, 0.2) is 5.78 Å². The molecule has 0 saturated heterocycles. The van der Waals surface area contributed by atoms with Crippen LogP contribution in [0, 0.1) is 0 Å². The minimum Gasteiger partial charge on any atom is -0.465 e. The lowest BCUT2D eigenvalue weighted by Gasteiger charge is -2.15. The molecule has 4 rings (SSSR count). The molecular formula is C21H14O5. The Morgan fingerprint density at radius 1 is 0.692 bits per heavy atom. The van der Waals surface area contributed by atoms with Gasteiger partial charge in [0, 0.05) is 16.7 Å². The topological polar surface area (TPSA) is 69.7 Å². The number of carbonyl (C=O) groups excluding carboxylic acids is 3. The van der Waals surface area contributed by atoms with E-state index in [1.807, 2.05) is 24.3 Å². The van der Waals surface area contributed by atoms with Gasteiger partial charge in [0.25, 0.3) is 0 Å². The number of esters is 2. The first-order chi connectivity index (χ1) is 12.6. The van der Waals surface area contributed by atoms with Gasteiger partial charge < -0.3 is 9.47 Å². The van der Waals surface area contributed by atoms with Crippen LogP contribution in [0.25, 0.3) is 21.9 Å². The summed E-state index contributed by atoms with van der Waals surface area (Å²) in [4.78, 5) is 38.2. The Hall–Kier alpha value is -3.47. The van der Waals surface area contributed by atoms with Gasteiger partial charge in [0.05, 0.1) is 25.3 Å². The average molecular weight is 346 g/mol. The molecule has 0 heterocycles. The molecule has 128 valence electrons. The molecule has 3 aromatic carbocycles.